The zero-order valence-corrected chi connectivity index (χ0v) is 16.3. The van der Waals surface area contributed by atoms with Crippen molar-refractivity contribution in [3.8, 4) is 5.75 Å². The molecule has 0 N–H and O–H groups in total. The van der Waals surface area contributed by atoms with E-state index in [0.29, 0.717) is 12.5 Å². The third-order valence-electron chi connectivity index (χ3n) is 4.35. The van der Waals surface area contributed by atoms with E-state index in [4.69, 9.17) is 23.1 Å². The van der Waals surface area contributed by atoms with Crippen LogP contribution < -0.4 is 4.74 Å². The van der Waals surface area contributed by atoms with Crippen molar-refractivity contribution in [1.29, 1.82) is 0 Å². The molecule has 3 unspecified atom stereocenters. The van der Waals surface area contributed by atoms with Gasteiger partial charge in [0.2, 0.25) is 5.90 Å². The summed E-state index contributed by atoms with van der Waals surface area (Å²) in [7, 11) is -1.97. The maximum Gasteiger partial charge on any atom is 0.264 e. The zero-order chi connectivity index (χ0) is 19.3. The van der Waals surface area contributed by atoms with Gasteiger partial charge in [0.05, 0.1) is 26.6 Å². The smallest absolute Gasteiger partial charge is 0.264 e. The van der Waals surface area contributed by atoms with E-state index in [1.807, 2.05) is 24.3 Å². The quantitative estimate of drug-likeness (QED) is 0.615. The summed E-state index contributed by atoms with van der Waals surface area (Å²) in [6.07, 6.45) is 3.24. The van der Waals surface area contributed by atoms with Gasteiger partial charge in [0, 0.05) is 12.2 Å². The molecule has 150 valence electrons. The fraction of sp³-hybridized carbons (Fsp3) is 0.611. The average Bonchev–Trinajstić information content (AvgIpc) is 3.08. The molecule has 3 atom stereocenters. The molecule has 9 heteroatoms. The Morgan fingerprint density at radius 3 is 2.59 bits per heavy atom. The third kappa shape index (κ3) is 5.90. The summed E-state index contributed by atoms with van der Waals surface area (Å²) >= 11 is 0. The van der Waals surface area contributed by atoms with Crippen molar-refractivity contribution in [2.45, 2.75) is 37.7 Å². The molecule has 0 amide bonds. The summed E-state index contributed by atoms with van der Waals surface area (Å²) in [5, 5.41) is 0. The number of methoxy groups -OCH3 is 1. The molecule has 27 heavy (non-hydrogen) atoms. The SMILES string of the molecule is COc1ccc(C2=NC(COS(C)(=O)=O)C(COC3CCCCO3)O2)cc1. The Labute approximate surface area is 159 Å². The third-order valence-corrected chi connectivity index (χ3v) is 4.91. The Balaban J connectivity index is 1.66. The Bertz CT molecular complexity index is 741. The molecule has 2 heterocycles. The van der Waals surface area contributed by atoms with Crippen LogP contribution in [0.1, 0.15) is 24.8 Å². The molecule has 1 aromatic carbocycles. The largest absolute Gasteiger partial charge is 0.497 e. The molecule has 0 aromatic heterocycles. The minimum absolute atomic E-state index is 0.0992. The number of benzene rings is 1. The van der Waals surface area contributed by atoms with Crippen LogP contribution >= 0.6 is 0 Å². The van der Waals surface area contributed by atoms with Gasteiger partial charge in [0.15, 0.2) is 6.29 Å². The second kappa shape index (κ2) is 9.01. The zero-order valence-electron chi connectivity index (χ0n) is 15.5. The van der Waals surface area contributed by atoms with Gasteiger partial charge in [-0.2, -0.15) is 8.42 Å². The average molecular weight is 399 g/mol. The van der Waals surface area contributed by atoms with Crippen LogP contribution in [0, 0.1) is 0 Å². The lowest BCUT2D eigenvalue weighted by atomic mass is 10.2. The number of hydrogen-bond acceptors (Lipinski definition) is 8. The van der Waals surface area contributed by atoms with Crippen molar-refractivity contribution in [2.75, 3.05) is 33.2 Å². The van der Waals surface area contributed by atoms with E-state index in [0.717, 1.165) is 36.8 Å². The van der Waals surface area contributed by atoms with Crippen LogP contribution in [-0.2, 0) is 28.5 Å². The van der Waals surface area contributed by atoms with Crippen LogP contribution in [0.3, 0.4) is 0 Å². The maximum absolute atomic E-state index is 11.3. The van der Waals surface area contributed by atoms with E-state index >= 15 is 0 Å². The molecule has 1 saturated heterocycles. The summed E-state index contributed by atoms with van der Waals surface area (Å²) in [6.45, 7) is 0.827. The van der Waals surface area contributed by atoms with Crippen LogP contribution in [0.2, 0.25) is 0 Å². The molecular weight excluding hydrogens is 374 g/mol. The van der Waals surface area contributed by atoms with Gasteiger partial charge in [-0.1, -0.05) is 0 Å². The predicted octanol–water partition coefficient (Wildman–Crippen LogP) is 1.73. The second-order valence-corrected chi connectivity index (χ2v) is 8.15. The first-order chi connectivity index (χ1) is 12.9. The Hall–Kier alpha value is -1.68. The topological polar surface area (TPSA) is 92.7 Å². The van der Waals surface area contributed by atoms with Crippen molar-refractivity contribution < 1.29 is 31.5 Å². The monoisotopic (exact) mass is 399 g/mol. The van der Waals surface area contributed by atoms with Crippen LogP contribution in [0.15, 0.2) is 29.3 Å². The molecule has 0 radical (unpaired) electrons. The first-order valence-electron chi connectivity index (χ1n) is 8.91. The summed E-state index contributed by atoms with van der Waals surface area (Å²) in [5.41, 5.74) is 0.775. The van der Waals surface area contributed by atoms with Gasteiger partial charge in [0.25, 0.3) is 10.1 Å². The van der Waals surface area contributed by atoms with E-state index in [2.05, 4.69) is 4.99 Å². The fourth-order valence-electron chi connectivity index (χ4n) is 2.89. The van der Waals surface area contributed by atoms with Crippen molar-refractivity contribution in [1.82, 2.24) is 0 Å². The number of aliphatic imine (C=N–C) groups is 1. The standard InChI is InChI=1S/C18H25NO7S/c1-22-14-8-6-13(7-9-14)18-19-15(11-25-27(2,20)21)16(26-18)12-24-17-5-3-4-10-23-17/h6-9,15-17H,3-5,10-12H2,1-2H3. The summed E-state index contributed by atoms with van der Waals surface area (Å²) in [4.78, 5) is 4.51. The molecule has 1 fully saturated rings. The maximum atomic E-state index is 11.3. The van der Waals surface area contributed by atoms with Gasteiger partial charge in [-0.3, -0.25) is 4.18 Å². The second-order valence-electron chi connectivity index (χ2n) is 6.50. The summed E-state index contributed by atoms with van der Waals surface area (Å²) in [6, 6.07) is 6.80. The molecule has 3 rings (SSSR count). The highest BCUT2D eigenvalue weighted by Gasteiger charge is 2.34. The van der Waals surface area contributed by atoms with Crippen molar-refractivity contribution in [3.63, 3.8) is 0 Å². The van der Waals surface area contributed by atoms with E-state index in [1.165, 1.54) is 0 Å². The lowest BCUT2D eigenvalue weighted by molar-refractivity contribution is -0.174. The molecule has 1 aromatic rings. The molecule has 0 spiro atoms. The molecule has 8 nitrogen and oxygen atoms in total. The van der Waals surface area contributed by atoms with Gasteiger partial charge in [0.1, 0.15) is 17.9 Å². The van der Waals surface area contributed by atoms with E-state index in [1.54, 1.807) is 7.11 Å². The summed E-state index contributed by atoms with van der Waals surface area (Å²) in [5.74, 6) is 1.15. The normalized spacial score (nSPS) is 25.7. The van der Waals surface area contributed by atoms with Gasteiger partial charge in [-0.15, -0.1) is 0 Å². The van der Waals surface area contributed by atoms with Crippen LogP contribution in [0.4, 0.5) is 0 Å². The first kappa shape index (κ1) is 20.1. The minimum atomic E-state index is -3.57. The predicted molar refractivity (Wildman–Crippen MR) is 98.5 cm³/mol. The lowest BCUT2D eigenvalue weighted by Crippen LogP contribution is -2.35. The minimum Gasteiger partial charge on any atom is -0.497 e. The first-order valence-corrected chi connectivity index (χ1v) is 10.7. The highest BCUT2D eigenvalue weighted by atomic mass is 32.2. The molecule has 0 aliphatic carbocycles. The van der Waals surface area contributed by atoms with Crippen molar-refractivity contribution in [2.24, 2.45) is 4.99 Å². The van der Waals surface area contributed by atoms with Gasteiger partial charge >= 0.3 is 0 Å². The highest BCUT2D eigenvalue weighted by Crippen LogP contribution is 2.23. The molecule has 0 bridgehead atoms. The van der Waals surface area contributed by atoms with E-state index < -0.39 is 22.3 Å². The number of hydrogen-bond donors (Lipinski definition) is 0. The van der Waals surface area contributed by atoms with Crippen LogP contribution in [0.5, 0.6) is 5.75 Å². The Kier molecular flexibility index (Phi) is 6.69. The van der Waals surface area contributed by atoms with Crippen molar-refractivity contribution >= 4 is 16.0 Å². The van der Waals surface area contributed by atoms with Gasteiger partial charge < -0.3 is 18.9 Å². The molecule has 0 saturated carbocycles. The lowest BCUT2D eigenvalue weighted by Gasteiger charge is -2.25. The van der Waals surface area contributed by atoms with Gasteiger partial charge in [-0.05, 0) is 43.5 Å². The van der Waals surface area contributed by atoms with Gasteiger partial charge in [-0.25, -0.2) is 4.99 Å². The molecular formula is C18H25NO7S. The Morgan fingerprint density at radius 2 is 1.96 bits per heavy atom. The molecule has 2 aliphatic heterocycles. The number of ether oxygens (including phenoxy) is 4. The van der Waals surface area contributed by atoms with Crippen LogP contribution in [-0.4, -0.2) is 65.9 Å². The summed E-state index contributed by atoms with van der Waals surface area (Å²) < 4.78 is 50.1. The fourth-order valence-corrected chi connectivity index (χ4v) is 3.28. The van der Waals surface area contributed by atoms with Crippen molar-refractivity contribution in [3.05, 3.63) is 29.8 Å². The number of nitrogens with zero attached hydrogens (tertiary/aromatic N) is 1. The van der Waals surface area contributed by atoms with E-state index in [-0.39, 0.29) is 19.5 Å². The van der Waals surface area contributed by atoms with E-state index in [9.17, 15) is 8.42 Å². The Morgan fingerprint density at radius 1 is 1.19 bits per heavy atom. The van der Waals surface area contributed by atoms with Crippen LogP contribution in [0.25, 0.3) is 0 Å². The number of rotatable bonds is 8. The highest BCUT2D eigenvalue weighted by molar-refractivity contribution is 7.85. The molecule has 2 aliphatic rings.